The molecule has 1 amide bonds. The van der Waals surface area contributed by atoms with Gasteiger partial charge in [-0.1, -0.05) is 0 Å². The number of H-pyrrole nitrogens is 1. The normalized spacial score (nSPS) is 13.5. The summed E-state index contributed by atoms with van der Waals surface area (Å²) in [6.45, 7) is 0.938. The van der Waals surface area contributed by atoms with E-state index in [1.54, 1.807) is 41.6 Å². The first kappa shape index (κ1) is 17.4. The third-order valence-electron chi connectivity index (χ3n) is 5.26. The molecule has 4 aromatic rings. The van der Waals surface area contributed by atoms with Crippen LogP contribution in [0.15, 0.2) is 65.7 Å². The van der Waals surface area contributed by atoms with Gasteiger partial charge >= 0.3 is 0 Å². The molecule has 1 aliphatic rings. The number of amides is 1. The number of pyridine rings is 2. The summed E-state index contributed by atoms with van der Waals surface area (Å²) >= 11 is 0. The van der Waals surface area contributed by atoms with Gasteiger partial charge in [0, 0.05) is 37.2 Å². The molecule has 1 N–H and O–H groups in total. The number of halogens is 1. The summed E-state index contributed by atoms with van der Waals surface area (Å²) in [7, 11) is 0. The van der Waals surface area contributed by atoms with Crippen LogP contribution in [0.3, 0.4) is 0 Å². The fourth-order valence-corrected chi connectivity index (χ4v) is 3.75. The van der Waals surface area contributed by atoms with E-state index >= 15 is 0 Å². The first-order valence-electron chi connectivity index (χ1n) is 9.32. The van der Waals surface area contributed by atoms with Gasteiger partial charge < -0.3 is 9.88 Å². The van der Waals surface area contributed by atoms with E-state index in [4.69, 9.17) is 0 Å². The highest BCUT2D eigenvalue weighted by Gasteiger charge is 2.24. The Hall–Kier alpha value is -3.74. The number of hydrogen-bond donors (Lipinski definition) is 1. The van der Waals surface area contributed by atoms with Gasteiger partial charge in [-0.25, -0.2) is 4.39 Å². The molecule has 0 radical (unpaired) electrons. The lowest BCUT2D eigenvalue weighted by Gasteiger charge is -2.29. The molecule has 7 heteroatoms. The van der Waals surface area contributed by atoms with Crippen LogP contribution in [-0.4, -0.2) is 31.9 Å². The van der Waals surface area contributed by atoms with Crippen LogP contribution >= 0.6 is 0 Å². The topological polar surface area (TPSA) is 71.0 Å². The van der Waals surface area contributed by atoms with E-state index in [9.17, 15) is 14.0 Å². The number of nitrogens with one attached hydrogen (secondary N) is 1. The Bertz CT molecular complexity index is 1260. The molecule has 0 unspecified atom stereocenters. The largest absolute Gasteiger partial charge is 0.349 e. The van der Waals surface area contributed by atoms with Crippen molar-refractivity contribution in [3.8, 4) is 5.69 Å². The zero-order chi connectivity index (χ0) is 20.0. The highest BCUT2D eigenvalue weighted by atomic mass is 19.1. The standard InChI is InChI=1S/C22H17FN4O2/c23-16-3-5-17(6-4-16)27-13-15-12-26(9-7-14(15)10-21(27)28)22(29)20-11-19-18(25-20)2-1-8-24-19/h1-6,8,10-11,13,25H,7,9,12H2. The van der Waals surface area contributed by atoms with Gasteiger partial charge in [0.05, 0.1) is 11.0 Å². The number of aromatic amines is 1. The van der Waals surface area contributed by atoms with Gasteiger partial charge in [-0.2, -0.15) is 0 Å². The quantitative estimate of drug-likeness (QED) is 0.574. The Balaban J connectivity index is 1.46. The van der Waals surface area contributed by atoms with Crippen LogP contribution in [0.2, 0.25) is 0 Å². The fraction of sp³-hybridized carbons (Fsp3) is 0.136. The summed E-state index contributed by atoms with van der Waals surface area (Å²) in [4.78, 5) is 34.6. The molecule has 0 atom stereocenters. The number of nitrogens with zero attached hydrogens (tertiary/aromatic N) is 3. The highest BCUT2D eigenvalue weighted by molar-refractivity contribution is 5.97. The van der Waals surface area contributed by atoms with E-state index in [2.05, 4.69) is 9.97 Å². The molecule has 144 valence electrons. The van der Waals surface area contributed by atoms with Gasteiger partial charge in [0.25, 0.3) is 11.5 Å². The molecule has 0 spiro atoms. The summed E-state index contributed by atoms with van der Waals surface area (Å²) in [5.41, 5.74) is 4.32. The number of carbonyl (C=O) groups excluding carboxylic acids is 1. The Morgan fingerprint density at radius 3 is 2.72 bits per heavy atom. The van der Waals surface area contributed by atoms with Crippen molar-refractivity contribution in [2.45, 2.75) is 13.0 Å². The van der Waals surface area contributed by atoms with Crippen LogP contribution < -0.4 is 5.56 Å². The number of benzene rings is 1. The molecule has 4 heterocycles. The minimum atomic E-state index is -0.357. The number of carbonyl (C=O) groups is 1. The zero-order valence-corrected chi connectivity index (χ0v) is 15.4. The molecule has 6 nitrogen and oxygen atoms in total. The second-order valence-corrected chi connectivity index (χ2v) is 7.10. The summed E-state index contributed by atoms with van der Waals surface area (Å²) in [6.07, 6.45) is 4.05. The smallest absolute Gasteiger partial charge is 0.270 e. The molecule has 0 saturated heterocycles. The second kappa shape index (κ2) is 6.70. The maximum atomic E-state index is 13.2. The summed E-state index contributed by atoms with van der Waals surface area (Å²) in [5.74, 6) is -0.461. The Labute approximate surface area is 165 Å². The molecule has 0 saturated carbocycles. The first-order chi connectivity index (χ1) is 14.1. The van der Waals surface area contributed by atoms with E-state index in [1.165, 1.54) is 16.7 Å². The molecule has 29 heavy (non-hydrogen) atoms. The van der Waals surface area contributed by atoms with Crippen LogP contribution in [0.1, 0.15) is 21.6 Å². The van der Waals surface area contributed by atoms with E-state index in [-0.39, 0.29) is 17.3 Å². The van der Waals surface area contributed by atoms with Crippen molar-refractivity contribution in [3.63, 3.8) is 0 Å². The molecule has 0 aliphatic carbocycles. The average molecular weight is 388 g/mol. The van der Waals surface area contributed by atoms with E-state index < -0.39 is 0 Å². The lowest BCUT2D eigenvalue weighted by atomic mass is 10.0. The van der Waals surface area contributed by atoms with Crippen molar-refractivity contribution in [3.05, 3.63) is 93.9 Å². The van der Waals surface area contributed by atoms with Crippen molar-refractivity contribution >= 4 is 16.9 Å². The number of aromatic nitrogens is 3. The molecule has 0 bridgehead atoms. The lowest BCUT2D eigenvalue weighted by Crippen LogP contribution is -2.37. The van der Waals surface area contributed by atoms with Gasteiger partial charge in [0.15, 0.2) is 0 Å². The van der Waals surface area contributed by atoms with Crippen LogP contribution in [0, 0.1) is 5.82 Å². The van der Waals surface area contributed by atoms with Crippen molar-refractivity contribution < 1.29 is 9.18 Å². The van der Waals surface area contributed by atoms with Crippen LogP contribution in [0.5, 0.6) is 0 Å². The maximum absolute atomic E-state index is 13.2. The van der Waals surface area contributed by atoms with Gasteiger partial charge in [-0.3, -0.25) is 19.1 Å². The Kier molecular flexibility index (Phi) is 4.01. The second-order valence-electron chi connectivity index (χ2n) is 7.10. The maximum Gasteiger partial charge on any atom is 0.270 e. The Morgan fingerprint density at radius 1 is 1.10 bits per heavy atom. The SMILES string of the molecule is O=C(c1cc2ncccc2[nH]1)N1CCc2cc(=O)n(-c3ccc(F)cc3)cc2C1. The van der Waals surface area contributed by atoms with Gasteiger partial charge in [0.1, 0.15) is 11.5 Å². The van der Waals surface area contributed by atoms with Crippen molar-refractivity contribution in [1.82, 2.24) is 19.4 Å². The van der Waals surface area contributed by atoms with E-state index in [0.717, 1.165) is 22.2 Å². The Morgan fingerprint density at radius 2 is 1.93 bits per heavy atom. The van der Waals surface area contributed by atoms with Gasteiger partial charge in [0.2, 0.25) is 0 Å². The number of rotatable bonds is 2. The molecular weight excluding hydrogens is 371 g/mol. The molecule has 1 aromatic carbocycles. The third kappa shape index (κ3) is 3.10. The van der Waals surface area contributed by atoms with Crippen LogP contribution in [-0.2, 0) is 13.0 Å². The van der Waals surface area contributed by atoms with Crippen molar-refractivity contribution in [1.29, 1.82) is 0 Å². The van der Waals surface area contributed by atoms with Gasteiger partial charge in [-0.15, -0.1) is 0 Å². The molecular formula is C22H17FN4O2. The van der Waals surface area contributed by atoms with Crippen LogP contribution in [0.4, 0.5) is 4.39 Å². The summed E-state index contributed by atoms with van der Waals surface area (Å²) < 4.78 is 14.7. The molecule has 5 rings (SSSR count). The minimum absolute atomic E-state index is 0.104. The molecule has 0 fully saturated rings. The van der Waals surface area contributed by atoms with E-state index in [1.807, 2.05) is 12.1 Å². The summed E-state index contributed by atoms with van der Waals surface area (Å²) in [6, 6.07) is 12.8. The van der Waals surface area contributed by atoms with Crippen molar-refractivity contribution in [2.24, 2.45) is 0 Å². The number of fused-ring (bicyclic) bond motifs is 2. The third-order valence-corrected chi connectivity index (χ3v) is 5.26. The summed E-state index contributed by atoms with van der Waals surface area (Å²) in [5, 5.41) is 0. The molecule has 3 aromatic heterocycles. The molecule has 1 aliphatic heterocycles. The fourth-order valence-electron chi connectivity index (χ4n) is 3.75. The average Bonchev–Trinajstić information content (AvgIpc) is 3.17. The highest BCUT2D eigenvalue weighted by Crippen LogP contribution is 2.21. The predicted molar refractivity (Wildman–Crippen MR) is 107 cm³/mol. The lowest BCUT2D eigenvalue weighted by molar-refractivity contribution is 0.0729. The van der Waals surface area contributed by atoms with Gasteiger partial charge in [-0.05, 0) is 60.0 Å². The number of hydrogen-bond acceptors (Lipinski definition) is 3. The zero-order valence-electron chi connectivity index (χ0n) is 15.4. The first-order valence-corrected chi connectivity index (χ1v) is 9.32. The predicted octanol–water partition coefficient (Wildman–Crippen LogP) is 3.05. The van der Waals surface area contributed by atoms with Crippen LogP contribution in [0.25, 0.3) is 16.7 Å². The minimum Gasteiger partial charge on any atom is -0.349 e. The monoisotopic (exact) mass is 388 g/mol. The van der Waals surface area contributed by atoms with Crippen molar-refractivity contribution in [2.75, 3.05) is 6.54 Å². The van der Waals surface area contributed by atoms with E-state index in [0.29, 0.717) is 30.9 Å².